The number of hydrogen-bond donors (Lipinski definition) is 1. The van der Waals surface area contributed by atoms with E-state index in [-0.39, 0.29) is 11.1 Å². The second-order valence-electron chi connectivity index (χ2n) is 10.4. The number of nitrogens with zero attached hydrogens (tertiary/aromatic N) is 6. The van der Waals surface area contributed by atoms with Crippen molar-refractivity contribution in [3.8, 4) is 0 Å². The molecule has 4 aromatic heterocycles. The molecule has 4 heterocycles. The van der Waals surface area contributed by atoms with Gasteiger partial charge in [-0.25, -0.2) is 4.68 Å². The van der Waals surface area contributed by atoms with E-state index in [1.54, 1.807) is 12.5 Å². The summed E-state index contributed by atoms with van der Waals surface area (Å²) in [6, 6.07) is 13.3. The first kappa shape index (κ1) is 25.5. The molecule has 0 saturated carbocycles. The highest BCUT2D eigenvalue weighted by molar-refractivity contribution is 5.81. The molecular formula is C29H33N7O2. The normalized spacial score (nSPS) is 12.9. The highest BCUT2D eigenvalue weighted by Crippen LogP contribution is 2.33. The Kier molecular flexibility index (Phi) is 6.94. The molecule has 5 rings (SSSR count). The molecule has 196 valence electrons. The minimum Gasteiger partial charge on any atom is -0.468 e. The monoisotopic (exact) mass is 511 g/mol. The Balaban J connectivity index is 1.74. The molecule has 0 unspecified atom stereocenters. The number of tetrazole rings is 1. The highest BCUT2D eigenvalue weighted by atomic mass is 16.3. The van der Waals surface area contributed by atoms with E-state index in [1.807, 2.05) is 54.2 Å². The Hall–Kier alpha value is -4.11. The molecule has 0 bridgehead atoms. The van der Waals surface area contributed by atoms with Crippen LogP contribution in [0.15, 0.2) is 70.3 Å². The van der Waals surface area contributed by atoms with Crippen LogP contribution >= 0.6 is 0 Å². The van der Waals surface area contributed by atoms with Crippen LogP contribution in [0, 0.1) is 13.8 Å². The van der Waals surface area contributed by atoms with E-state index in [0.29, 0.717) is 24.5 Å². The van der Waals surface area contributed by atoms with Gasteiger partial charge in [-0.2, -0.15) is 0 Å². The van der Waals surface area contributed by atoms with Crippen molar-refractivity contribution >= 4 is 10.9 Å². The maximum Gasteiger partial charge on any atom is 0.253 e. The van der Waals surface area contributed by atoms with Crippen LogP contribution in [0.5, 0.6) is 0 Å². The van der Waals surface area contributed by atoms with Crippen LogP contribution in [-0.4, -0.2) is 35.1 Å². The summed E-state index contributed by atoms with van der Waals surface area (Å²) in [4.78, 5) is 23.4. The summed E-state index contributed by atoms with van der Waals surface area (Å²) >= 11 is 0. The molecule has 0 amide bonds. The molecule has 1 atom stereocenters. The number of hydrogen-bond acceptors (Lipinski definition) is 7. The standard InChI is InChI=1S/C29H33N7O2/c1-6-29(4,5)36-27(32-33-34-36)26(24-15-22-13-19(2)20(3)14-25(22)31-28(24)37)35(18-23-10-8-12-38-23)17-21-9-7-11-30-16-21/h7-16,26H,6,17-18H2,1-5H3,(H,31,37)/t26-/m1/s1. The summed E-state index contributed by atoms with van der Waals surface area (Å²) in [7, 11) is 0. The summed E-state index contributed by atoms with van der Waals surface area (Å²) in [5, 5.41) is 13.9. The fraction of sp³-hybridized carbons (Fsp3) is 0.345. The molecule has 0 spiro atoms. The van der Waals surface area contributed by atoms with E-state index < -0.39 is 6.04 Å². The van der Waals surface area contributed by atoms with Gasteiger partial charge in [0, 0.05) is 30.0 Å². The maximum atomic E-state index is 13.8. The van der Waals surface area contributed by atoms with Crippen LogP contribution in [-0.2, 0) is 18.6 Å². The van der Waals surface area contributed by atoms with E-state index in [2.05, 4.69) is 64.2 Å². The molecule has 0 fully saturated rings. The first-order valence-electron chi connectivity index (χ1n) is 12.8. The van der Waals surface area contributed by atoms with E-state index in [9.17, 15) is 4.79 Å². The topological polar surface area (TPSA) is 106 Å². The molecule has 0 aliphatic rings. The van der Waals surface area contributed by atoms with Crippen molar-refractivity contribution in [2.45, 2.75) is 65.7 Å². The summed E-state index contributed by atoms with van der Waals surface area (Å²) in [5.74, 6) is 1.37. The van der Waals surface area contributed by atoms with Crippen LogP contribution in [0.4, 0.5) is 0 Å². The summed E-state index contributed by atoms with van der Waals surface area (Å²) in [6.07, 6.45) is 6.05. The van der Waals surface area contributed by atoms with Crippen molar-refractivity contribution in [2.24, 2.45) is 0 Å². The number of fused-ring (bicyclic) bond motifs is 1. The lowest BCUT2D eigenvalue weighted by Gasteiger charge is -2.33. The van der Waals surface area contributed by atoms with Gasteiger partial charge in [0.25, 0.3) is 5.56 Å². The summed E-state index contributed by atoms with van der Waals surface area (Å²) < 4.78 is 7.60. The maximum absolute atomic E-state index is 13.8. The zero-order valence-electron chi connectivity index (χ0n) is 22.5. The fourth-order valence-corrected chi connectivity index (χ4v) is 4.71. The summed E-state index contributed by atoms with van der Waals surface area (Å²) in [6.45, 7) is 11.4. The van der Waals surface area contributed by atoms with Gasteiger partial charge in [0.15, 0.2) is 5.82 Å². The quantitative estimate of drug-likeness (QED) is 0.295. The number of pyridine rings is 2. The number of H-pyrrole nitrogens is 1. The van der Waals surface area contributed by atoms with Gasteiger partial charge in [-0.3, -0.25) is 14.7 Å². The molecule has 1 N–H and O–H groups in total. The number of furan rings is 1. The third-order valence-corrected chi connectivity index (χ3v) is 7.37. The third-order valence-electron chi connectivity index (χ3n) is 7.37. The average Bonchev–Trinajstić information content (AvgIpc) is 3.59. The molecule has 0 radical (unpaired) electrons. The second kappa shape index (κ2) is 10.3. The van der Waals surface area contributed by atoms with Crippen LogP contribution in [0.2, 0.25) is 0 Å². The number of rotatable bonds is 9. The minimum absolute atomic E-state index is 0.176. The molecule has 1 aromatic carbocycles. The molecule has 0 aliphatic heterocycles. The fourth-order valence-electron chi connectivity index (χ4n) is 4.71. The Bertz CT molecular complexity index is 1590. The Morgan fingerprint density at radius 1 is 1.11 bits per heavy atom. The van der Waals surface area contributed by atoms with Gasteiger partial charge in [0.05, 0.1) is 18.3 Å². The molecule has 9 heteroatoms. The van der Waals surface area contributed by atoms with Crippen molar-refractivity contribution in [2.75, 3.05) is 0 Å². The highest BCUT2D eigenvalue weighted by Gasteiger charge is 2.35. The average molecular weight is 512 g/mol. The van der Waals surface area contributed by atoms with Gasteiger partial charge in [0.1, 0.15) is 11.8 Å². The van der Waals surface area contributed by atoms with Gasteiger partial charge in [0.2, 0.25) is 0 Å². The lowest BCUT2D eigenvalue weighted by molar-refractivity contribution is 0.168. The molecular weight excluding hydrogens is 478 g/mol. The van der Waals surface area contributed by atoms with Crippen molar-refractivity contribution in [1.82, 2.24) is 35.1 Å². The second-order valence-corrected chi connectivity index (χ2v) is 10.4. The van der Waals surface area contributed by atoms with Crippen LogP contribution in [0.1, 0.15) is 67.1 Å². The number of benzene rings is 1. The van der Waals surface area contributed by atoms with Gasteiger partial charge in [-0.05, 0) is 103 Å². The molecule has 38 heavy (non-hydrogen) atoms. The van der Waals surface area contributed by atoms with E-state index >= 15 is 0 Å². The summed E-state index contributed by atoms with van der Waals surface area (Å²) in [5.41, 5.74) is 4.12. The number of aromatic nitrogens is 6. The molecule has 0 aliphatic carbocycles. The Labute approximate surface area is 221 Å². The first-order valence-corrected chi connectivity index (χ1v) is 12.8. The Morgan fingerprint density at radius 3 is 2.63 bits per heavy atom. The zero-order chi connectivity index (χ0) is 26.9. The SMILES string of the molecule is CCC(C)(C)n1nnnc1[C@@H](c1cc2cc(C)c(C)cc2[nH]c1=O)N(Cc1cccnc1)Cc1ccco1. The lowest BCUT2D eigenvalue weighted by Crippen LogP contribution is -2.38. The predicted octanol–water partition coefficient (Wildman–Crippen LogP) is 5.06. The van der Waals surface area contributed by atoms with Crippen molar-refractivity contribution in [3.05, 3.63) is 105 Å². The van der Waals surface area contributed by atoms with Crippen molar-refractivity contribution in [3.63, 3.8) is 0 Å². The third kappa shape index (κ3) is 5.02. The van der Waals surface area contributed by atoms with Crippen molar-refractivity contribution in [1.29, 1.82) is 0 Å². The van der Waals surface area contributed by atoms with Gasteiger partial charge < -0.3 is 9.40 Å². The van der Waals surface area contributed by atoms with Gasteiger partial charge in [-0.15, -0.1) is 5.10 Å². The minimum atomic E-state index is -0.559. The van der Waals surface area contributed by atoms with Crippen LogP contribution in [0.3, 0.4) is 0 Å². The predicted molar refractivity (Wildman–Crippen MR) is 146 cm³/mol. The Morgan fingerprint density at radius 2 is 1.92 bits per heavy atom. The largest absolute Gasteiger partial charge is 0.468 e. The number of aromatic amines is 1. The lowest BCUT2D eigenvalue weighted by atomic mass is 9.98. The van der Waals surface area contributed by atoms with Gasteiger partial charge >= 0.3 is 0 Å². The van der Waals surface area contributed by atoms with E-state index in [0.717, 1.165) is 39.8 Å². The molecule has 9 nitrogen and oxygen atoms in total. The number of nitrogens with one attached hydrogen (secondary N) is 1. The van der Waals surface area contributed by atoms with Crippen LogP contribution in [0.25, 0.3) is 10.9 Å². The van der Waals surface area contributed by atoms with Gasteiger partial charge in [-0.1, -0.05) is 13.0 Å². The zero-order valence-corrected chi connectivity index (χ0v) is 22.5. The van der Waals surface area contributed by atoms with Crippen molar-refractivity contribution < 1.29 is 4.42 Å². The molecule has 5 aromatic rings. The first-order chi connectivity index (χ1) is 18.3. The number of aryl methyl sites for hydroxylation is 2. The molecule has 0 saturated heterocycles. The van der Waals surface area contributed by atoms with Crippen LogP contribution < -0.4 is 5.56 Å². The van der Waals surface area contributed by atoms with E-state index in [1.165, 1.54) is 0 Å². The van der Waals surface area contributed by atoms with E-state index in [4.69, 9.17) is 4.42 Å². The smallest absolute Gasteiger partial charge is 0.253 e.